The zero-order chi connectivity index (χ0) is 15.2. The number of carbonyl (C=O) groups is 2. The first-order valence-corrected chi connectivity index (χ1v) is 6.84. The summed E-state index contributed by atoms with van der Waals surface area (Å²) in [6.07, 6.45) is 3.00. The van der Waals surface area contributed by atoms with Crippen LogP contribution in [0.5, 0.6) is 0 Å². The van der Waals surface area contributed by atoms with Gasteiger partial charge < -0.3 is 14.4 Å². The van der Waals surface area contributed by atoms with Crippen LogP contribution < -0.4 is 0 Å². The molecule has 6 nitrogen and oxygen atoms in total. The van der Waals surface area contributed by atoms with Gasteiger partial charge in [-0.25, -0.2) is 9.78 Å². The number of pyridine rings is 1. The highest BCUT2D eigenvalue weighted by atomic mass is 35.5. The lowest BCUT2D eigenvalue weighted by atomic mass is 10.2. The Morgan fingerprint density at radius 1 is 1.52 bits per heavy atom. The molecule has 0 amide bonds. The number of aromatic nitrogens is 1. The Bertz CT molecular complexity index is 557. The third-order valence-electron chi connectivity index (χ3n) is 2.84. The topological polar surface area (TPSA) is 68.7 Å². The molecule has 2 rings (SSSR count). The van der Waals surface area contributed by atoms with Crippen LogP contribution in [0, 0.1) is 0 Å². The van der Waals surface area contributed by atoms with E-state index in [0.717, 1.165) is 5.56 Å². The fourth-order valence-electron chi connectivity index (χ4n) is 1.89. The second-order valence-corrected chi connectivity index (χ2v) is 4.78. The second kappa shape index (κ2) is 7.08. The third-order valence-corrected chi connectivity index (χ3v) is 3.06. The normalized spacial score (nSPS) is 13.6. The number of carbonyl (C=O) groups excluding carboxylic acids is 2. The fraction of sp³-hybridized carbons (Fsp3) is 0.357. The molecular weight excluding hydrogens is 296 g/mol. The van der Waals surface area contributed by atoms with Gasteiger partial charge in [-0.3, -0.25) is 4.79 Å². The summed E-state index contributed by atoms with van der Waals surface area (Å²) >= 11 is 5.75. The van der Waals surface area contributed by atoms with Gasteiger partial charge in [0.05, 0.1) is 12.3 Å². The zero-order valence-corrected chi connectivity index (χ0v) is 12.3. The molecule has 2 heterocycles. The maximum absolute atomic E-state index is 11.7. The van der Waals surface area contributed by atoms with E-state index in [2.05, 4.69) is 4.98 Å². The molecule has 1 aliphatic heterocycles. The minimum atomic E-state index is -0.409. The van der Waals surface area contributed by atoms with Crippen molar-refractivity contribution in [2.45, 2.75) is 13.5 Å². The second-order valence-electron chi connectivity index (χ2n) is 4.39. The summed E-state index contributed by atoms with van der Waals surface area (Å²) in [7, 11) is 0. The van der Waals surface area contributed by atoms with E-state index in [1.54, 1.807) is 24.1 Å². The Hall–Kier alpha value is -2.08. The standard InChI is InChI=1S/C14H15ClN2O4/c1-2-20-14(19)8-17(11-5-13(18)21-9-11)7-10-3-4-12(15)16-6-10/h3-6H,2,7-9H2,1H3. The van der Waals surface area contributed by atoms with Crippen LogP contribution >= 0.6 is 11.6 Å². The molecule has 0 saturated heterocycles. The van der Waals surface area contributed by atoms with Gasteiger partial charge in [-0.1, -0.05) is 17.7 Å². The Morgan fingerprint density at radius 3 is 2.90 bits per heavy atom. The predicted molar refractivity (Wildman–Crippen MR) is 75.3 cm³/mol. The van der Waals surface area contributed by atoms with Crippen molar-refractivity contribution < 1.29 is 19.1 Å². The Kier molecular flexibility index (Phi) is 5.16. The molecule has 0 aliphatic carbocycles. The van der Waals surface area contributed by atoms with E-state index in [1.165, 1.54) is 6.08 Å². The van der Waals surface area contributed by atoms with Gasteiger partial charge in [-0.05, 0) is 18.6 Å². The molecule has 0 radical (unpaired) electrons. The number of nitrogens with zero attached hydrogens (tertiary/aromatic N) is 2. The molecule has 0 unspecified atom stereocenters. The third kappa shape index (κ3) is 4.46. The van der Waals surface area contributed by atoms with E-state index in [1.807, 2.05) is 6.07 Å². The van der Waals surface area contributed by atoms with Crippen LogP contribution in [0.25, 0.3) is 0 Å². The van der Waals surface area contributed by atoms with Gasteiger partial charge in [0.15, 0.2) is 0 Å². The number of rotatable bonds is 6. The van der Waals surface area contributed by atoms with Crippen molar-refractivity contribution in [1.29, 1.82) is 0 Å². The van der Waals surface area contributed by atoms with Crippen molar-refractivity contribution in [3.63, 3.8) is 0 Å². The molecule has 1 aromatic rings. The molecule has 0 saturated carbocycles. The van der Waals surface area contributed by atoms with Crippen molar-refractivity contribution in [3.05, 3.63) is 40.8 Å². The molecule has 0 bridgehead atoms. The van der Waals surface area contributed by atoms with Crippen molar-refractivity contribution in [3.8, 4) is 0 Å². The Balaban J connectivity index is 2.11. The molecule has 0 aromatic carbocycles. The number of hydrogen-bond acceptors (Lipinski definition) is 6. The summed E-state index contributed by atoms with van der Waals surface area (Å²) < 4.78 is 9.83. The first kappa shape index (κ1) is 15.3. The molecule has 112 valence electrons. The number of cyclic esters (lactones) is 1. The lowest BCUT2D eigenvalue weighted by Crippen LogP contribution is -2.30. The van der Waals surface area contributed by atoms with Gasteiger partial charge in [0, 0.05) is 18.8 Å². The highest BCUT2D eigenvalue weighted by Crippen LogP contribution is 2.16. The molecule has 21 heavy (non-hydrogen) atoms. The summed E-state index contributed by atoms with van der Waals surface area (Å²) in [4.78, 5) is 28.6. The lowest BCUT2D eigenvalue weighted by molar-refractivity contribution is -0.144. The monoisotopic (exact) mass is 310 g/mol. The summed E-state index contributed by atoms with van der Waals surface area (Å²) in [5.41, 5.74) is 1.51. The van der Waals surface area contributed by atoms with E-state index >= 15 is 0 Å². The maximum atomic E-state index is 11.7. The summed E-state index contributed by atoms with van der Waals surface area (Å²) in [5, 5.41) is 0.397. The Labute approximate surface area is 127 Å². The van der Waals surface area contributed by atoms with Crippen LogP contribution in [0.3, 0.4) is 0 Å². The van der Waals surface area contributed by atoms with Crippen LogP contribution in [0.2, 0.25) is 5.15 Å². The molecular formula is C14H15ClN2O4. The van der Waals surface area contributed by atoms with Crippen LogP contribution in [-0.4, -0.2) is 41.6 Å². The Morgan fingerprint density at radius 2 is 2.33 bits per heavy atom. The average Bonchev–Trinajstić information content (AvgIpc) is 2.87. The minimum absolute atomic E-state index is 0.0406. The maximum Gasteiger partial charge on any atom is 0.333 e. The van der Waals surface area contributed by atoms with Gasteiger partial charge in [0.25, 0.3) is 0 Å². The van der Waals surface area contributed by atoms with Crippen LogP contribution in [-0.2, 0) is 25.6 Å². The molecule has 0 atom stereocenters. The van der Waals surface area contributed by atoms with Crippen LogP contribution in [0.1, 0.15) is 12.5 Å². The molecule has 1 aromatic heterocycles. The molecule has 0 N–H and O–H groups in total. The smallest absolute Gasteiger partial charge is 0.333 e. The summed E-state index contributed by atoms with van der Waals surface area (Å²) in [5.74, 6) is -0.771. The largest absolute Gasteiger partial charge is 0.465 e. The lowest BCUT2D eigenvalue weighted by Gasteiger charge is -2.23. The van der Waals surface area contributed by atoms with Crippen molar-refractivity contribution in [2.24, 2.45) is 0 Å². The SMILES string of the molecule is CCOC(=O)CN(Cc1ccc(Cl)nc1)C1=CC(=O)OC1. The zero-order valence-electron chi connectivity index (χ0n) is 11.5. The highest BCUT2D eigenvalue weighted by Gasteiger charge is 2.22. The first-order chi connectivity index (χ1) is 10.1. The van der Waals surface area contributed by atoms with Gasteiger partial charge in [0.1, 0.15) is 18.3 Å². The quantitative estimate of drug-likeness (QED) is 0.586. The van der Waals surface area contributed by atoms with E-state index in [0.29, 0.717) is 24.0 Å². The highest BCUT2D eigenvalue weighted by molar-refractivity contribution is 6.29. The van der Waals surface area contributed by atoms with E-state index in [9.17, 15) is 9.59 Å². The van der Waals surface area contributed by atoms with E-state index in [4.69, 9.17) is 21.1 Å². The number of halogens is 1. The van der Waals surface area contributed by atoms with Gasteiger partial charge in [-0.15, -0.1) is 0 Å². The summed E-state index contributed by atoms with van der Waals surface area (Å²) in [6, 6.07) is 3.48. The van der Waals surface area contributed by atoms with Gasteiger partial charge >= 0.3 is 11.9 Å². The fourth-order valence-corrected chi connectivity index (χ4v) is 2.00. The molecule has 1 aliphatic rings. The van der Waals surface area contributed by atoms with Crippen LogP contribution in [0.15, 0.2) is 30.1 Å². The summed E-state index contributed by atoms with van der Waals surface area (Å²) in [6.45, 7) is 2.65. The number of hydrogen-bond donors (Lipinski definition) is 0. The molecule has 0 spiro atoms. The van der Waals surface area contributed by atoms with E-state index in [-0.39, 0.29) is 19.1 Å². The van der Waals surface area contributed by atoms with Crippen molar-refractivity contribution in [2.75, 3.05) is 19.8 Å². The predicted octanol–water partition coefficient (Wildman–Crippen LogP) is 1.54. The first-order valence-electron chi connectivity index (χ1n) is 6.47. The molecule has 0 fully saturated rings. The van der Waals surface area contributed by atoms with Gasteiger partial charge in [0.2, 0.25) is 0 Å². The van der Waals surface area contributed by atoms with Gasteiger partial charge in [-0.2, -0.15) is 0 Å². The average molecular weight is 311 g/mol. The van der Waals surface area contributed by atoms with E-state index < -0.39 is 5.97 Å². The van der Waals surface area contributed by atoms with Crippen LogP contribution in [0.4, 0.5) is 0 Å². The number of ether oxygens (including phenoxy) is 2. The number of esters is 2. The van der Waals surface area contributed by atoms with Crippen molar-refractivity contribution in [1.82, 2.24) is 9.88 Å². The van der Waals surface area contributed by atoms with Crippen molar-refractivity contribution >= 4 is 23.5 Å². The minimum Gasteiger partial charge on any atom is -0.465 e. The molecule has 7 heteroatoms.